The molecule has 0 atom stereocenters. The summed E-state index contributed by atoms with van der Waals surface area (Å²) in [6, 6.07) is 0. The fraction of sp³-hybridized carbons (Fsp3) is 0.750. The molecule has 1 aromatic rings. The first-order valence-electron chi connectivity index (χ1n) is 6.00. The SMILES string of the molecule is CCCC(O)(CCC)CNCc1cncs1. The van der Waals surface area contributed by atoms with Crippen molar-refractivity contribution >= 4 is 11.3 Å². The summed E-state index contributed by atoms with van der Waals surface area (Å²) in [6.45, 7) is 5.71. The fourth-order valence-corrected chi connectivity index (χ4v) is 2.54. The number of nitrogens with one attached hydrogen (secondary N) is 1. The zero-order chi connectivity index (χ0) is 11.9. The molecule has 16 heavy (non-hydrogen) atoms. The van der Waals surface area contributed by atoms with Gasteiger partial charge < -0.3 is 10.4 Å². The summed E-state index contributed by atoms with van der Waals surface area (Å²) in [7, 11) is 0. The number of aliphatic hydroxyl groups is 1. The third kappa shape index (κ3) is 4.60. The van der Waals surface area contributed by atoms with E-state index in [1.54, 1.807) is 11.3 Å². The molecular formula is C12H22N2OS. The summed E-state index contributed by atoms with van der Waals surface area (Å²) in [5.41, 5.74) is 1.30. The van der Waals surface area contributed by atoms with Gasteiger partial charge in [0.25, 0.3) is 0 Å². The van der Waals surface area contributed by atoms with Crippen LogP contribution in [-0.4, -0.2) is 22.2 Å². The van der Waals surface area contributed by atoms with Gasteiger partial charge in [0.1, 0.15) is 0 Å². The molecule has 0 spiro atoms. The molecule has 1 rings (SSSR count). The highest BCUT2D eigenvalue weighted by atomic mass is 32.1. The highest BCUT2D eigenvalue weighted by molar-refractivity contribution is 7.09. The zero-order valence-corrected chi connectivity index (χ0v) is 11.0. The molecule has 0 aliphatic carbocycles. The highest BCUT2D eigenvalue weighted by Gasteiger charge is 2.23. The van der Waals surface area contributed by atoms with E-state index >= 15 is 0 Å². The Hall–Kier alpha value is -0.450. The third-order valence-corrected chi connectivity index (χ3v) is 3.45. The predicted octanol–water partition coefficient (Wildman–Crippen LogP) is 2.56. The lowest BCUT2D eigenvalue weighted by atomic mass is 9.93. The Bertz CT molecular complexity index is 269. The van der Waals surface area contributed by atoms with Crippen LogP contribution < -0.4 is 5.32 Å². The monoisotopic (exact) mass is 242 g/mol. The van der Waals surface area contributed by atoms with Gasteiger partial charge in [0, 0.05) is 24.2 Å². The summed E-state index contributed by atoms with van der Waals surface area (Å²) in [6.07, 6.45) is 5.67. The van der Waals surface area contributed by atoms with Crippen LogP contribution in [0.1, 0.15) is 44.4 Å². The lowest BCUT2D eigenvalue weighted by Crippen LogP contribution is -2.40. The number of nitrogens with zero attached hydrogens (tertiary/aromatic N) is 1. The van der Waals surface area contributed by atoms with Crippen molar-refractivity contribution < 1.29 is 5.11 Å². The molecule has 92 valence electrons. The van der Waals surface area contributed by atoms with Crippen LogP contribution in [0.25, 0.3) is 0 Å². The second kappa shape index (κ2) is 6.99. The van der Waals surface area contributed by atoms with Crippen molar-refractivity contribution in [2.75, 3.05) is 6.54 Å². The quantitative estimate of drug-likeness (QED) is 0.736. The second-order valence-corrected chi connectivity index (χ2v) is 5.27. The van der Waals surface area contributed by atoms with Crippen LogP contribution in [0, 0.1) is 0 Å². The normalized spacial score (nSPS) is 11.9. The van der Waals surface area contributed by atoms with Crippen LogP contribution in [-0.2, 0) is 6.54 Å². The molecular weight excluding hydrogens is 220 g/mol. The molecule has 0 aromatic carbocycles. The highest BCUT2D eigenvalue weighted by Crippen LogP contribution is 2.18. The number of thiazole rings is 1. The van der Waals surface area contributed by atoms with Crippen LogP contribution in [0.2, 0.25) is 0 Å². The van der Waals surface area contributed by atoms with Crippen LogP contribution in [0.3, 0.4) is 0 Å². The first-order chi connectivity index (χ1) is 7.70. The van der Waals surface area contributed by atoms with Crippen LogP contribution in [0.4, 0.5) is 0 Å². The molecule has 3 nitrogen and oxygen atoms in total. The maximum atomic E-state index is 10.4. The van der Waals surface area contributed by atoms with E-state index in [1.165, 1.54) is 4.88 Å². The molecule has 0 amide bonds. The molecule has 2 N–H and O–H groups in total. The van der Waals surface area contributed by atoms with Crippen molar-refractivity contribution in [3.05, 3.63) is 16.6 Å². The van der Waals surface area contributed by atoms with Gasteiger partial charge in [0.05, 0.1) is 11.1 Å². The summed E-state index contributed by atoms with van der Waals surface area (Å²) in [5.74, 6) is 0. The molecule has 1 aromatic heterocycles. The smallest absolute Gasteiger partial charge is 0.0794 e. The summed E-state index contributed by atoms with van der Waals surface area (Å²) in [5, 5.41) is 13.7. The van der Waals surface area contributed by atoms with Crippen molar-refractivity contribution in [2.24, 2.45) is 0 Å². The third-order valence-electron chi connectivity index (χ3n) is 2.67. The summed E-state index contributed by atoms with van der Waals surface area (Å²) < 4.78 is 0. The van der Waals surface area contributed by atoms with Gasteiger partial charge >= 0.3 is 0 Å². The van der Waals surface area contributed by atoms with Gasteiger partial charge in [-0.25, -0.2) is 0 Å². The lowest BCUT2D eigenvalue weighted by molar-refractivity contribution is 0.0215. The maximum Gasteiger partial charge on any atom is 0.0794 e. The van der Waals surface area contributed by atoms with Crippen molar-refractivity contribution in [3.63, 3.8) is 0 Å². The Labute approximate surface area is 102 Å². The average molecular weight is 242 g/mol. The van der Waals surface area contributed by atoms with E-state index in [0.717, 1.165) is 32.2 Å². The molecule has 0 aliphatic heterocycles. The number of hydrogen-bond acceptors (Lipinski definition) is 4. The van der Waals surface area contributed by atoms with E-state index in [0.29, 0.717) is 6.54 Å². The largest absolute Gasteiger partial charge is 0.389 e. The molecule has 4 heteroatoms. The van der Waals surface area contributed by atoms with Crippen LogP contribution in [0.5, 0.6) is 0 Å². The molecule has 0 fully saturated rings. The zero-order valence-electron chi connectivity index (χ0n) is 10.2. The average Bonchev–Trinajstić information content (AvgIpc) is 2.71. The minimum absolute atomic E-state index is 0.534. The predicted molar refractivity (Wildman–Crippen MR) is 68.6 cm³/mol. The van der Waals surface area contributed by atoms with E-state index < -0.39 is 5.60 Å². The van der Waals surface area contributed by atoms with Crippen molar-refractivity contribution in [1.29, 1.82) is 0 Å². The van der Waals surface area contributed by atoms with E-state index in [-0.39, 0.29) is 0 Å². The Morgan fingerprint density at radius 3 is 2.56 bits per heavy atom. The second-order valence-electron chi connectivity index (χ2n) is 4.30. The maximum absolute atomic E-state index is 10.4. The summed E-state index contributed by atoms with van der Waals surface area (Å²) >= 11 is 1.64. The van der Waals surface area contributed by atoms with Crippen molar-refractivity contribution in [1.82, 2.24) is 10.3 Å². The molecule has 0 radical (unpaired) electrons. The van der Waals surface area contributed by atoms with E-state index in [9.17, 15) is 5.11 Å². The lowest BCUT2D eigenvalue weighted by Gasteiger charge is -2.27. The fourth-order valence-electron chi connectivity index (χ4n) is 1.98. The molecule has 0 bridgehead atoms. The standard InChI is InChI=1S/C12H22N2OS/c1-3-5-12(15,6-4-2)9-13-7-11-8-14-10-16-11/h8,10,13,15H,3-7,9H2,1-2H3. The molecule has 0 aliphatic rings. The van der Waals surface area contributed by atoms with Crippen molar-refractivity contribution in [2.45, 2.75) is 51.7 Å². The van der Waals surface area contributed by atoms with E-state index in [4.69, 9.17) is 0 Å². The topological polar surface area (TPSA) is 45.1 Å². The molecule has 1 heterocycles. The van der Waals surface area contributed by atoms with Gasteiger partial charge in [0.2, 0.25) is 0 Å². The van der Waals surface area contributed by atoms with E-state index in [1.807, 2.05) is 11.7 Å². The van der Waals surface area contributed by atoms with Gasteiger partial charge in [0.15, 0.2) is 0 Å². The minimum atomic E-state index is -0.534. The number of aromatic nitrogens is 1. The Balaban J connectivity index is 2.32. The van der Waals surface area contributed by atoms with Gasteiger partial charge in [-0.05, 0) is 12.8 Å². The molecule has 0 unspecified atom stereocenters. The van der Waals surface area contributed by atoms with E-state index in [2.05, 4.69) is 24.1 Å². The van der Waals surface area contributed by atoms with Gasteiger partial charge in [-0.2, -0.15) is 0 Å². The van der Waals surface area contributed by atoms with Crippen LogP contribution in [0.15, 0.2) is 11.7 Å². The first-order valence-corrected chi connectivity index (χ1v) is 6.88. The molecule has 0 saturated carbocycles. The Kier molecular flexibility index (Phi) is 5.95. The number of hydrogen-bond donors (Lipinski definition) is 2. The first kappa shape index (κ1) is 13.6. The summed E-state index contributed by atoms with van der Waals surface area (Å²) in [4.78, 5) is 5.24. The molecule has 0 saturated heterocycles. The van der Waals surface area contributed by atoms with Gasteiger partial charge in [-0.15, -0.1) is 11.3 Å². The van der Waals surface area contributed by atoms with Crippen LogP contribution >= 0.6 is 11.3 Å². The Morgan fingerprint density at radius 2 is 2.06 bits per heavy atom. The van der Waals surface area contributed by atoms with Gasteiger partial charge in [-0.1, -0.05) is 26.7 Å². The van der Waals surface area contributed by atoms with Crippen molar-refractivity contribution in [3.8, 4) is 0 Å². The number of rotatable bonds is 8. The Morgan fingerprint density at radius 1 is 1.38 bits per heavy atom. The van der Waals surface area contributed by atoms with Gasteiger partial charge in [-0.3, -0.25) is 4.98 Å². The minimum Gasteiger partial charge on any atom is -0.389 e.